The number of rotatable bonds is 4. The molecule has 0 aliphatic heterocycles. The van der Waals surface area contributed by atoms with E-state index in [1.54, 1.807) is 0 Å². The predicted octanol–water partition coefficient (Wildman–Crippen LogP) is 4.62. The van der Waals surface area contributed by atoms with Crippen molar-refractivity contribution >= 4 is 11.6 Å². The van der Waals surface area contributed by atoms with Crippen LogP contribution in [0.3, 0.4) is 0 Å². The summed E-state index contributed by atoms with van der Waals surface area (Å²) in [5.74, 6) is -12.5. The number of nitrogens with one attached hydrogen (secondary N) is 1. The van der Waals surface area contributed by atoms with E-state index in [-0.39, 0.29) is 11.3 Å². The second-order valence-corrected chi connectivity index (χ2v) is 4.92. The van der Waals surface area contributed by atoms with Gasteiger partial charge in [0.25, 0.3) is 5.91 Å². The minimum absolute atomic E-state index is 0.210. The van der Waals surface area contributed by atoms with Gasteiger partial charge in [-0.05, 0) is 24.3 Å². The predicted molar refractivity (Wildman–Crippen MR) is 73.5 cm³/mol. The highest BCUT2D eigenvalue weighted by Crippen LogP contribution is 2.51. The number of carbonyl (C=O) groups excluding carboxylic acids is 1. The second-order valence-electron chi connectivity index (χ2n) is 4.92. The van der Waals surface area contributed by atoms with Crippen molar-refractivity contribution < 1.29 is 35.5 Å². The topological polar surface area (TPSA) is 42.0 Å². The van der Waals surface area contributed by atoms with Crippen molar-refractivity contribution in [1.29, 1.82) is 0 Å². The zero-order valence-corrected chi connectivity index (χ0v) is 12.1. The van der Waals surface area contributed by atoms with E-state index in [1.165, 1.54) is 24.5 Å². The van der Waals surface area contributed by atoms with Crippen LogP contribution in [0.4, 0.5) is 36.4 Å². The molecule has 0 radical (unpaired) electrons. The quantitative estimate of drug-likeness (QED) is 0.802. The summed E-state index contributed by atoms with van der Waals surface area (Å²) in [7, 11) is 0. The SMILES string of the molecule is O=C(Nc1cccnc1)c1ccc(C(F)(F)C(F)(F)C(F)(F)F)cc1. The molecule has 2 aromatic rings. The van der Waals surface area contributed by atoms with Crippen molar-refractivity contribution in [2.24, 2.45) is 0 Å². The van der Waals surface area contributed by atoms with Crippen LogP contribution in [0.2, 0.25) is 0 Å². The van der Waals surface area contributed by atoms with Gasteiger partial charge in [-0.2, -0.15) is 30.7 Å². The van der Waals surface area contributed by atoms with E-state index in [4.69, 9.17) is 0 Å². The lowest BCUT2D eigenvalue weighted by Crippen LogP contribution is -2.50. The highest BCUT2D eigenvalue weighted by molar-refractivity contribution is 6.04. The Morgan fingerprint density at radius 2 is 1.52 bits per heavy atom. The first-order valence-corrected chi connectivity index (χ1v) is 6.61. The average Bonchev–Trinajstić information content (AvgIpc) is 2.54. The summed E-state index contributed by atoms with van der Waals surface area (Å²) < 4.78 is 89.5. The Hall–Kier alpha value is -2.65. The van der Waals surface area contributed by atoms with Crippen molar-refractivity contribution in [2.75, 3.05) is 5.32 Å². The number of amides is 1. The van der Waals surface area contributed by atoms with Gasteiger partial charge >= 0.3 is 18.0 Å². The molecular weight excluding hydrogens is 357 g/mol. The molecule has 0 saturated carbocycles. The van der Waals surface area contributed by atoms with Gasteiger partial charge < -0.3 is 5.32 Å². The molecule has 134 valence electrons. The summed E-state index contributed by atoms with van der Waals surface area (Å²) in [5.41, 5.74) is -1.49. The zero-order valence-electron chi connectivity index (χ0n) is 12.1. The van der Waals surface area contributed by atoms with Crippen LogP contribution in [0.25, 0.3) is 0 Å². The van der Waals surface area contributed by atoms with Crippen LogP contribution in [0.5, 0.6) is 0 Å². The van der Waals surface area contributed by atoms with Crippen LogP contribution < -0.4 is 5.32 Å². The minimum Gasteiger partial charge on any atom is -0.321 e. The van der Waals surface area contributed by atoms with Crippen molar-refractivity contribution in [3.63, 3.8) is 0 Å². The number of benzene rings is 1. The fraction of sp³-hybridized carbons (Fsp3) is 0.200. The molecule has 0 fully saturated rings. The van der Waals surface area contributed by atoms with Gasteiger partial charge in [-0.3, -0.25) is 9.78 Å². The number of carbonyl (C=O) groups is 1. The van der Waals surface area contributed by atoms with Gasteiger partial charge in [0, 0.05) is 17.3 Å². The number of hydrogen-bond donors (Lipinski definition) is 1. The van der Waals surface area contributed by atoms with Gasteiger partial charge in [-0.25, -0.2) is 0 Å². The Balaban J connectivity index is 2.23. The molecule has 1 aromatic heterocycles. The normalized spacial score (nSPS) is 12.8. The van der Waals surface area contributed by atoms with Crippen molar-refractivity contribution in [1.82, 2.24) is 4.98 Å². The lowest BCUT2D eigenvalue weighted by atomic mass is 10.00. The average molecular weight is 366 g/mol. The number of anilines is 1. The maximum atomic E-state index is 13.5. The van der Waals surface area contributed by atoms with E-state index < -0.39 is 29.5 Å². The van der Waals surface area contributed by atoms with Gasteiger partial charge in [-0.15, -0.1) is 0 Å². The summed E-state index contributed by atoms with van der Waals surface area (Å²) in [5, 5.41) is 2.35. The van der Waals surface area contributed by atoms with Gasteiger partial charge in [0.15, 0.2) is 0 Å². The van der Waals surface area contributed by atoms with Crippen LogP contribution in [0, 0.1) is 0 Å². The Labute approximate surface area is 136 Å². The molecule has 1 heterocycles. The van der Waals surface area contributed by atoms with Crippen LogP contribution in [-0.4, -0.2) is 23.0 Å². The standard InChI is InChI=1S/C15H9F7N2O/c16-13(17,14(18,19)15(20,21)22)10-5-3-9(4-6-10)12(25)24-11-2-1-7-23-8-11/h1-8H,(H,24,25). The molecule has 2 rings (SSSR count). The fourth-order valence-electron chi connectivity index (χ4n) is 1.83. The van der Waals surface area contributed by atoms with Crippen LogP contribution >= 0.6 is 0 Å². The Kier molecular flexibility index (Phi) is 4.74. The number of hydrogen-bond acceptors (Lipinski definition) is 2. The molecule has 0 atom stereocenters. The third-order valence-electron chi connectivity index (χ3n) is 3.18. The van der Waals surface area contributed by atoms with Crippen molar-refractivity contribution in [3.05, 3.63) is 59.9 Å². The highest BCUT2D eigenvalue weighted by atomic mass is 19.4. The van der Waals surface area contributed by atoms with E-state index in [0.717, 1.165) is 12.1 Å². The van der Waals surface area contributed by atoms with Crippen LogP contribution in [-0.2, 0) is 5.92 Å². The molecular formula is C15H9F7N2O. The molecule has 0 aliphatic carbocycles. The van der Waals surface area contributed by atoms with Crippen molar-refractivity contribution in [3.8, 4) is 0 Å². The van der Waals surface area contributed by atoms with Gasteiger partial charge in [0.2, 0.25) is 0 Å². The number of halogens is 7. The summed E-state index contributed by atoms with van der Waals surface area (Å²) in [6, 6.07) is 5.13. The third kappa shape index (κ3) is 3.57. The molecule has 1 aromatic carbocycles. The molecule has 0 aliphatic rings. The lowest BCUT2D eigenvalue weighted by Gasteiger charge is -2.28. The molecule has 1 amide bonds. The number of aromatic nitrogens is 1. The Morgan fingerprint density at radius 1 is 0.920 bits per heavy atom. The number of alkyl halides is 7. The van der Waals surface area contributed by atoms with Gasteiger partial charge in [0.1, 0.15) is 0 Å². The zero-order chi connectivity index (χ0) is 18.9. The second kappa shape index (κ2) is 6.34. The van der Waals surface area contributed by atoms with E-state index >= 15 is 0 Å². The first-order valence-electron chi connectivity index (χ1n) is 6.61. The largest absolute Gasteiger partial charge is 0.460 e. The monoisotopic (exact) mass is 366 g/mol. The number of nitrogens with zero attached hydrogens (tertiary/aromatic N) is 1. The number of pyridine rings is 1. The van der Waals surface area contributed by atoms with E-state index in [2.05, 4.69) is 10.3 Å². The van der Waals surface area contributed by atoms with Crippen LogP contribution in [0.15, 0.2) is 48.8 Å². The minimum atomic E-state index is -6.42. The van der Waals surface area contributed by atoms with E-state index in [0.29, 0.717) is 12.1 Å². The maximum Gasteiger partial charge on any atom is 0.460 e. The van der Waals surface area contributed by atoms with E-state index in [1.807, 2.05) is 0 Å². The van der Waals surface area contributed by atoms with Gasteiger partial charge in [0.05, 0.1) is 11.9 Å². The molecule has 0 saturated heterocycles. The summed E-state index contributed by atoms with van der Waals surface area (Å²) in [6.45, 7) is 0. The smallest absolute Gasteiger partial charge is 0.321 e. The molecule has 0 spiro atoms. The molecule has 1 N–H and O–H groups in total. The summed E-state index contributed by atoms with van der Waals surface area (Å²) >= 11 is 0. The van der Waals surface area contributed by atoms with Crippen molar-refractivity contribution in [2.45, 2.75) is 18.0 Å². The molecule has 0 unspecified atom stereocenters. The lowest BCUT2D eigenvalue weighted by molar-refractivity contribution is -0.359. The summed E-state index contributed by atoms with van der Waals surface area (Å²) in [6.07, 6.45) is -3.69. The fourth-order valence-corrected chi connectivity index (χ4v) is 1.83. The summed E-state index contributed by atoms with van der Waals surface area (Å²) in [4.78, 5) is 15.6. The first kappa shape index (κ1) is 18.7. The Bertz CT molecular complexity index is 743. The molecule has 3 nitrogen and oxygen atoms in total. The van der Waals surface area contributed by atoms with Crippen LogP contribution in [0.1, 0.15) is 15.9 Å². The Morgan fingerprint density at radius 3 is 2.00 bits per heavy atom. The molecule has 25 heavy (non-hydrogen) atoms. The highest BCUT2D eigenvalue weighted by Gasteiger charge is 2.73. The molecule has 0 bridgehead atoms. The van der Waals surface area contributed by atoms with Gasteiger partial charge in [-0.1, -0.05) is 12.1 Å². The first-order chi connectivity index (χ1) is 11.5. The molecule has 10 heteroatoms. The third-order valence-corrected chi connectivity index (χ3v) is 3.18. The van der Waals surface area contributed by atoms with E-state index in [9.17, 15) is 35.5 Å². The maximum absolute atomic E-state index is 13.5.